The number of amides is 1. The Kier molecular flexibility index (Phi) is 4.54. The predicted molar refractivity (Wildman–Crippen MR) is 79.4 cm³/mol. The van der Waals surface area contributed by atoms with Crippen molar-refractivity contribution in [3.05, 3.63) is 29.8 Å². The van der Waals surface area contributed by atoms with Gasteiger partial charge in [-0.2, -0.15) is 0 Å². The zero-order chi connectivity index (χ0) is 14.7. The standard InChI is InChI=1S/C14H18N2O3S/c1-2-13-16(11(8-20-13)14(18)19)12(17)7-9-4-3-5-10(15)6-9/h3-6,11,13H,2,7-8,15H2,1H3,(H,18,19). The van der Waals surface area contributed by atoms with Crippen molar-refractivity contribution in [2.45, 2.75) is 31.2 Å². The molecule has 0 radical (unpaired) electrons. The van der Waals surface area contributed by atoms with E-state index < -0.39 is 12.0 Å². The number of nitrogen functional groups attached to an aromatic ring is 1. The lowest BCUT2D eigenvalue weighted by Crippen LogP contribution is -2.46. The summed E-state index contributed by atoms with van der Waals surface area (Å²) in [6.45, 7) is 1.96. The Morgan fingerprint density at radius 1 is 1.50 bits per heavy atom. The summed E-state index contributed by atoms with van der Waals surface area (Å²) in [4.78, 5) is 25.2. The molecule has 0 bridgehead atoms. The van der Waals surface area contributed by atoms with E-state index in [1.807, 2.05) is 13.0 Å². The topological polar surface area (TPSA) is 83.6 Å². The van der Waals surface area contributed by atoms with Crippen LogP contribution in [0.5, 0.6) is 0 Å². The van der Waals surface area contributed by atoms with Gasteiger partial charge in [-0.15, -0.1) is 11.8 Å². The summed E-state index contributed by atoms with van der Waals surface area (Å²) in [7, 11) is 0. The summed E-state index contributed by atoms with van der Waals surface area (Å²) < 4.78 is 0. The highest BCUT2D eigenvalue weighted by molar-refractivity contribution is 8.00. The number of hydrogen-bond acceptors (Lipinski definition) is 4. The first-order chi connectivity index (χ1) is 9.52. The van der Waals surface area contributed by atoms with Crippen LogP contribution in [0.2, 0.25) is 0 Å². The molecule has 1 aliphatic heterocycles. The molecule has 108 valence electrons. The maximum atomic E-state index is 12.4. The average Bonchev–Trinajstić information content (AvgIpc) is 2.82. The van der Waals surface area contributed by atoms with E-state index in [1.54, 1.807) is 18.2 Å². The minimum Gasteiger partial charge on any atom is -0.480 e. The number of rotatable bonds is 4. The van der Waals surface area contributed by atoms with Gasteiger partial charge in [-0.1, -0.05) is 19.1 Å². The van der Waals surface area contributed by atoms with Gasteiger partial charge in [-0.05, 0) is 24.1 Å². The monoisotopic (exact) mass is 294 g/mol. The van der Waals surface area contributed by atoms with Crippen LogP contribution in [0.15, 0.2) is 24.3 Å². The smallest absolute Gasteiger partial charge is 0.327 e. The molecule has 1 heterocycles. The minimum atomic E-state index is -0.936. The van der Waals surface area contributed by atoms with Gasteiger partial charge in [0.2, 0.25) is 5.91 Å². The molecular weight excluding hydrogens is 276 g/mol. The fourth-order valence-electron chi connectivity index (χ4n) is 2.37. The molecule has 1 amide bonds. The fraction of sp³-hybridized carbons (Fsp3) is 0.429. The summed E-state index contributed by atoms with van der Waals surface area (Å²) in [5.74, 6) is -0.634. The number of benzene rings is 1. The molecule has 1 saturated heterocycles. The van der Waals surface area contributed by atoms with Crippen molar-refractivity contribution in [3.8, 4) is 0 Å². The third kappa shape index (κ3) is 3.07. The molecule has 6 heteroatoms. The molecule has 2 rings (SSSR count). The predicted octanol–water partition coefficient (Wildman–Crippen LogP) is 1.58. The van der Waals surface area contributed by atoms with Gasteiger partial charge in [-0.3, -0.25) is 4.79 Å². The third-order valence-corrected chi connectivity index (χ3v) is 4.77. The second-order valence-corrected chi connectivity index (χ2v) is 5.98. The number of aliphatic carboxylic acids is 1. The van der Waals surface area contributed by atoms with Gasteiger partial charge >= 0.3 is 5.97 Å². The highest BCUT2D eigenvalue weighted by Gasteiger charge is 2.40. The van der Waals surface area contributed by atoms with Crippen LogP contribution < -0.4 is 5.73 Å². The van der Waals surface area contributed by atoms with E-state index in [2.05, 4.69) is 0 Å². The van der Waals surface area contributed by atoms with Gasteiger partial charge < -0.3 is 15.7 Å². The number of carbonyl (C=O) groups is 2. The third-order valence-electron chi connectivity index (χ3n) is 3.32. The van der Waals surface area contributed by atoms with E-state index >= 15 is 0 Å². The second kappa shape index (κ2) is 6.17. The number of carboxylic acids is 1. The normalized spacial score (nSPS) is 21.9. The molecule has 0 saturated carbocycles. The van der Waals surface area contributed by atoms with Crippen LogP contribution in [-0.2, 0) is 16.0 Å². The summed E-state index contributed by atoms with van der Waals surface area (Å²) >= 11 is 1.53. The highest BCUT2D eigenvalue weighted by atomic mass is 32.2. The average molecular weight is 294 g/mol. The van der Waals surface area contributed by atoms with Crippen molar-refractivity contribution < 1.29 is 14.7 Å². The molecule has 1 fully saturated rings. The van der Waals surface area contributed by atoms with Gasteiger partial charge in [0.05, 0.1) is 11.8 Å². The van der Waals surface area contributed by atoms with Crippen LogP contribution in [0.25, 0.3) is 0 Å². The minimum absolute atomic E-state index is 0.0512. The van der Waals surface area contributed by atoms with Gasteiger partial charge in [-0.25, -0.2) is 4.79 Å². The largest absolute Gasteiger partial charge is 0.480 e. The Morgan fingerprint density at radius 2 is 2.25 bits per heavy atom. The molecule has 5 nitrogen and oxygen atoms in total. The Morgan fingerprint density at radius 3 is 2.85 bits per heavy atom. The lowest BCUT2D eigenvalue weighted by atomic mass is 10.1. The van der Waals surface area contributed by atoms with Crippen molar-refractivity contribution in [3.63, 3.8) is 0 Å². The quantitative estimate of drug-likeness (QED) is 0.824. The zero-order valence-electron chi connectivity index (χ0n) is 11.3. The van der Waals surface area contributed by atoms with Crippen molar-refractivity contribution in [1.82, 2.24) is 4.90 Å². The van der Waals surface area contributed by atoms with Crippen molar-refractivity contribution in [2.75, 3.05) is 11.5 Å². The zero-order valence-corrected chi connectivity index (χ0v) is 12.1. The Bertz CT molecular complexity index is 521. The van der Waals surface area contributed by atoms with Crippen LogP contribution in [0.1, 0.15) is 18.9 Å². The fourth-order valence-corrected chi connectivity index (χ4v) is 3.74. The first kappa shape index (κ1) is 14.7. The maximum absolute atomic E-state index is 12.4. The van der Waals surface area contributed by atoms with Gasteiger partial charge in [0.15, 0.2) is 0 Å². The summed E-state index contributed by atoms with van der Waals surface area (Å²) in [6.07, 6.45) is 0.934. The number of carboxylic acid groups (broad SMARTS) is 1. The molecule has 3 N–H and O–H groups in total. The molecule has 2 atom stereocenters. The molecule has 0 aromatic heterocycles. The SMILES string of the molecule is CCC1SCC(C(=O)O)N1C(=O)Cc1cccc(N)c1. The van der Waals surface area contributed by atoms with Gasteiger partial charge in [0.25, 0.3) is 0 Å². The van der Waals surface area contributed by atoms with E-state index in [0.29, 0.717) is 11.4 Å². The molecule has 1 aliphatic rings. The van der Waals surface area contributed by atoms with E-state index in [4.69, 9.17) is 5.73 Å². The Balaban J connectivity index is 2.15. The number of nitrogens with zero attached hydrogens (tertiary/aromatic N) is 1. The maximum Gasteiger partial charge on any atom is 0.327 e. The first-order valence-corrected chi connectivity index (χ1v) is 7.57. The van der Waals surface area contributed by atoms with Crippen LogP contribution in [0, 0.1) is 0 Å². The Hall–Kier alpha value is -1.69. The van der Waals surface area contributed by atoms with Crippen LogP contribution in [0.4, 0.5) is 5.69 Å². The highest BCUT2D eigenvalue weighted by Crippen LogP contribution is 2.32. The summed E-state index contributed by atoms with van der Waals surface area (Å²) in [5.41, 5.74) is 7.11. The molecule has 1 aromatic rings. The lowest BCUT2D eigenvalue weighted by Gasteiger charge is -2.26. The molecule has 1 aromatic carbocycles. The molecule has 20 heavy (non-hydrogen) atoms. The number of thioether (sulfide) groups is 1. The van der Waals surface area contributed by atoms with E-state index in [-0.39, 0.29) is 17.7 Å². The van der Waals surface area contributed by atoms with Crippen LogP contribution >= 0.6 is 11.8 Å². The second-order valence-electron chi connectivity index (χ2n) is 4.77. The van der Waals surface area contributed by atoms with Gasteiger partial charge in [0, 0.05) is 11.4 Å². The van der Waals surface area contributed by atoms with E-state index in [9.17, 15) is 14.7 Å². The lowest BCUT2D eigenvalue weighted by molar-refractivity contribution is -0.148. The first-order valence-electron chi connectivity index (χ1n) is 6.53. The van der Waals surface area contributed by atoms with E-state index in [1.165, 1.54) is 16.7 Å². The van der Waals surface area contributed by atoms with E-state index in [0.717, 1.165) is 12.0 Å². The summed E-state index contributed by atoms with van der Waals surface area (Å²) in [6, 6.07) is 6.40. The van der Waals surface area contributed by atoms with Crippen molar-refractivity contribution in [1.29, 1.82) is 0 Å². The molecule has 0 spiro atoms. The number of anilines is 1. The molecule has 0 aliphatic carbocycles. The van der Waals surface area contributed by atoms with Crippen LogP contribution in [0.3, 0.4) is 0 Å². The number of nitrogens with two attached hydrogens (primary N) is 1. The van der Waals surface area contributed by atoms with Crippen molar-refractivity contribution in [2.24, 2.45) is 0 Å². The molecular formula is C14H18N2O3S. The summed E-state index contributed by atoms with van der Waals surface area (Å²) in [5, 5.41) is 9.18. The number of carbonyl (C=O) groups excluding carboxylic acids is 1. The number of hydrogen-bond donors (Lipinski definition) is 2. The van der Waals surface area contributed by atoms with Crippen LogP contribution in [-0.4, -0.2) is 39.1 Å². The van der Waals surface area contributed by atoms with Gasteiger partial charge in [0.1, 0.15) is 6.04 Å². The Labute approximate surface area is 122 Å². The molecule has 2 unspecified atom stereocenters. The van der Waals surface area contributed by atoms with Crippen molar-refractivity contribution >= 4 is 29.3 Å².